The maximum absolute atomic E-state index is 15.6. The first-order valence-electron chi connectivity index (χ1n) is 26.9. The molecule has 12 aromatic rings. The highest BCUT2D eigenvalue weighted by atomic mass is 19.1. The van der Waals surface area contributed by atoms with E-state index in [-0.39, 0.29) is 0 Å². The maximum Gasteiger partial charge on any atom is 0.126 e. The van der Waals surface area contributed by atoms with Gasteiger partial charge in [-0.15, -0.1) is 0 Å². The number of nitriles is 1. The Kier molecular flexibility index (Phi) is 12.0. The van der Waals surface area contributed by atoms with E-state index in [0.29, 0.717) is 28.1 Å². The van der Waals surface area contributed by atoms with Gasteiger partial charge in [0.25, 0.3) is 0 Å². The molecular weight excluding hydrogens is 957 g/mol. The molecule has 0 N–H and O–H groups in total. The van der Waals surface area contributed by atoms with Crippen molar-refractivity contribution in [2.24, 2.45) is 0 Å². The second-order valence-electron chi connectivity index (χ2n) is 22.4. The van der Waals surface area contributed by atoms with Gasteiger partial charge < -0.3 is 9.13 Å². The number of benzene rings is 10. The van der Waals surface area contributed by atoms with E-state index in [2.05, 4.69) is 220 Å². The normalized spacial score (nSPS) is 11.7. The highest BCUT2D eigenvalue weighted by Gasteiger charge is 2.26. The molecule has 2 aromatic heterocycles. The average molecular weight is 1020 g/mol. The molecule has 0 radical (unpaired) electrons. The van der Waals surface area contributed by atoms with Crippen LogP contribution < -0.4 is 0 Å². The Bertz CT molecular complexity index is 4240. The van der Waals surface area contributed by atoms with Crippen molar-refractivity contribution in [3.05, 3.63) is 236 Å². The summed E-state index contributed by atoms with van der Waals surface area (Å²) >= 11 is 0. The van der Waals surface area contributed by atoms with Crippen molar-refractivity contribution in [2.75, 3.05) is 0 Å². The number of rotatable bonds is 7. The Labute approximate surface area is 456 Å². The summed E-state index contributed by atoms with van der Waals surface area (Å²) in [6, 6.07) is 54.9. The SMILES string of the molecule is Cc1cc(C)c(-c2ccc3c(c2)c2ccc(-c4c(C)cc(C)cc4C)cc2n3-c2cc(-c3cc(F)cc(F)c3)cc(-n3c4ccc(-c5c(C)cc(C)cc5C)cc4c4ccc(-c5c(C)cc(C)cc5C)cc43)c2C#N)c(C)c1. The lowest BCUT2D eigenvalue weighted by Crippen LogP contribution is -2.05. The Balaban J connectivity index is 1.23. The van der Waals surface area contributed by atoms with Gasteiger partial charge in [-0.1, -0.05) is 107 Å². The third-order valence-electron chi connectivity index (χ3n) is 16.3. The van der Waals surface area contributed by atoms with Crippen molar-refractivity contribution in [1.29, 1.82) is 5.26 Å². The summed E-state index contributed by atoms with van der Waals surface area (Å²) in [6.07, 6.45) is 0. The molecule has 0 atom stereocenters. The molecule has 2 heterocycles. The molecule has 0 amide bonds. The van der Waals surface area contributed by atoms with Crippen LogP contribution in [0.1, 0.15) is 72.3 Å². The summed E-state index contributed by atoms with van der Waals surface area (Å²) in [7, 11) is 0. The molecule has 0 bridgehead atoms. The number of hydrogen-bond donors (Lipinski definition) is 0. The predicted molar refractivity (Wildman–Crippen MR) is 324 cm³/mol. The highest BCUT2D eigenvalue weighted by Crippen LogP contribution is 2.45. The minimum absolute atomic E-state index is 0.361. The summed E-state index contributed by atoms with van der Waals surface area (Å²) in [6.45, 7) is 25.9. The molecule has 382 valence electrons. The second kappa shape index (κ2) is 18.7. The second-order valence-corrected chi connectivity index (χ2v) is 22.4. The summed E-state index contributed by atoms with van der Waals surface area (Å²) < 4.78 is 35.7. The number of aromatic nitrogens is 2. The molecule has 0 aliphatic carbocycles. The largest absolute Gasteiger partial charge is 0.308 e. The zero-order valence-corrected chi connectivity index (χ0v) is 46.5. The third kappa shape index (κ3) is 8.21. The molecule has 0 saturated heterocycles. The van der Waals surface area contributed by atoms with E-state index in [0.717, 1.165) is 83.1 Å². The molecule has 10 aromatic carbocycles. The molecule has 12 rings (SSSR count). The Morgan fingerprint density at radius 2 is 0.590 bits per heavy atom. The Morgan fingerprint density at radius 1 is 0.295 bits per heavy atom. The van der Waals surface area contributed by atoms with Crippen molar-refractivity contribution < 1.29 is 8.78 Å². The van der Waals surface area contributed by atoms with Crippen molar-refractivity contribution in [3.8, 4) is 73.1 Å². The van der Waals surface area contributed by atoms with Crippen LogP contribution >= 0.6 is 0 Å². The minimum Gasteiger partial charge on any atom is -0.308 e. The van der Waals surface area contributed by atoms with Crippen LogP contribution in [0, 0.1) is 106 Å². The number of aryl methyl sites for hydroxylation is 12. The van der Waals surface area contributed by atoms with Gasteiger partial charge in [0.05, 0.1) is 33.4 Å². The van der Waals surface area contributed by atoms with E-state index in [9.17, 15) is 5.26 Å². The van der Waals surface area contributed by atoms with Gasteiger partial charge in [0.15, 0.2) is 0 Å². The smallest absolute Gasteiger partial charge is 0.126 e. The van der Waals surface area contributed by atoms with Crippen molar-refractivity contribution >= 4 is 43.6 Å². The standard InChI is InChI=1S/C73H61F2N3/c1-39-21-43(5)70(44(6)22-39)51-15-19-64-61(31-51)59-17-13-53(72-47(9)25-41(3)26-48(72)10)33-66(59)77(64)68-35-56(55-29-57(74)37-58(75)30-55)36-69(63(68)38-76)78-65-20-16-52(71-45(7)23-40(2)24-46(71)8)32-62(65)60-18-14-54(34-67(60)78)73-49(11)27-42(4)28-50(73)12/h13-37H,1-12H3. The Morgan fingerprint density at radius 3 is 0.910 bits per heavy atom. The van der Waals surface area contributed by atoms with Gasteiger partial charge in [0.1, 0.15) is 23.3 Å². The van der Waals surface area contributed by atoms with Gasteiger partial charge >= 0.3 is 0 Å². The molecule has 5 heteroatoms. The lowest BCUT2D eigenvalue weighted by molar-refractivity contribution is 0.584. The van der Waals surface area contributed by atoms with Gasteiger partial charge in [-0.05, 0) is 244 Å². The van der Waals surface area contributed by atoms with Crippen LogP contribution in [-0.4, -0.2) is 9.13 Å². The summed E-state index contributed by atoms with van der Waals surface area (Å²) in [5, 5.41) is 16.1. The van der Waals surface area contributed by atoms with E-state index in [1.54, 1.807) is 0 Å². The van der Waals surface area contributed by atoms with E-state index in [1.807, 2.05) is 12.1 Å². The number of halogens is 2. The quantitative estimate of drug-likeness (QED) is 0.157. The van der Waals surface area contributed by atoms with Crippen LogP contribution in [0.15, 0.2) is 152 Å². The van der Waals surface area contributed by atoms with Gasteiger partial charge in [-0.25, -0.2) is 8.78 Å². The molecule has 0 spiro atoms. The topological polar surface area (TPSA) is 33.6 Å². The Hall–Kier alpha value is -8.85. The maximum atomic E-state index is 15.6. The van der Waals surface area contributed by atoms with E-state index >= 15 is 8.78 Å². The molecule has 0 unspecified atom stereocenters. The summed E-state index contributed by atoms with van der Waals surface area (Å²) in [4.78, 5) is 0. The molecular formula is C73H61F2N3. The zero-order valence-electron chi connectivity index (χ0n) is 46.5. The van der Waals surface area contributed by atoms with Crippen LogP contribution in [0.25, 0.3) is 111 Å². The van der Waals surface area contributed by atoms with Crippen LogP contribution in [0.4, 0.5) is 8.78 Å². The molecule has 3 nitrogen and oxygen atoms in total. The van der Waals surface area contributed by atoms with Crippen LogP contribution in [0.3, 0.4) is 0 Å². The number of fused-ring (bicyclic) bond motifs is 6. The van der Waals surface area contributed by atoms with Crippen molar-refractivity contribution in [1.82, 2.24) is 9.13 Å². The fourth-order valence-corrected chi connectivity index (χ4v) is 13.7. The number of hydrogen-bond acceptors (Lipinski definition) is 1. The fraction of sp³-hybridized carbons (Fsp3) is 0.164. The first kappa shape index (κ1) is 50.0. The predicted octanol–water partition coefficient (Wildman–Crippen LogP) is 20.1. The van der Waals surface area contributed by atoms with Gasteiger partial charge in [-0.2, -0.15) is 5.26 Å². The molecule has 78 heavy (non-hydrogen) atoms. The highest BCUT2D eigenvalue weighted by molar-refractivity contribution is 6.14. The molecule has 0 fully saturated rings. The van der Waals surface area contributed by atoms with Crippen molar-refractivity contribution in [2.45, 2.75) is 83.1 Å². The van der Waals surface area contributed by atoms with Gasteiger partial charge in [0, 0.05) is 27.6 Å². The van der Waals surface area contributed by atoms with Crippen LogP contribution in [0.2, 0.25) is 0 Å². The molecule has 0 aliphatic heterocycles. The minimum atomic E-state index is -0.684. The fourth-order valence-electron chi connectivity index (χ4n) is 13.7. The number of nitrogens with zero attached hydrogens (tertiary/aromatic N) is 3. The first-order chi connectivity index (χ1) is 37.3. The van der Waals surface area contributed by atoms with E-state index in [1.165, 1.54) is 90.0 Å². The third-order valence-corrected chi connectivity index (χ3v) is 16.3. The summed E-state index contributed by atoms with van der Waals surface area (Å²) in [5.74, 6) is -1.37. The molecule has 0 saturated carbocycles. The van der Waals surface area contributed by atoms with Gasteiger partial charge in [-0.3, -0.25) is 0 Å². The summed E-state index contributed by atoms with van der Waals surface area (Å²) in [5.41, 5.74) is 29.5. The average Bonchev–Trinajstić information content (AvgIpc) is 4.09. The lowest BCUT2D eigenvalue weighted by Gasteiger charge is -2.19. The zero-order chi connectivity index (χ0) is 54.7. The monoisotopic (exact) mass is 1020 g/mol. The first-order valence-corrected chi connectivity index (χ1v) is 26.9. The molecule has 0 aliphatic rings. The van der Waals surface area contributed by atoms with Crippen LogP contribution in [-0.2, 0) is 0 Å². The van der Waals surface area contributed by atoms with Crippen molar-refractivity contribution in [3.63, 3.8) is 0 Å². The van der Waals surface area contributed by atoms with Gasteiger partial charge in [0.2, 0.25) is 0 Å². The lowest BCUT2D eigenvalue weighted by atomic mass is 9.92. The van der Waals surface area contributed by atoms with E-state index in [4.69, 9.17) is 0 Å². The van der Waals surface area contributed by atoms with Crippen LogP contribution in [0.5, 0.6) is 0 Å². The van der Waals surface area contributed by atoms with E-state index < -0.39 is 11.6 Å².